The SMILES string of the molecule is CN(c1ccc(F)c(Cl)c1)C(C#N)c1cc(Cl)ccc1N. The van der Waals surface area contributed by atoms with Crippen molar-refractivity contribution in [3.8, 4) is 6.07 Å². The summed E-state index contributed by atoms with van der Waals surface area (Å²) in [5.74, 6) is -0.510. The van der Waals surface area contributed by atoms with E-state index in [1.165, 1.54) is 12.1 Å². The molecule has 0 aliphatic carbocycles. The predicted molar refractivity (Wildman–Crippen MR) is 84.0 cm³/mol. The first kappa shape index (κ1) is 15.4. The van der Waals surface area contributed by atoms with E-state index in [0.717, 1.165) is 0 Å². The highest BCUT2D eigenvalue weighted by molar-refractivity contribution is 6.31. The summed E-state index contributed by atoms with van der Waals surface area (Å²) in [6.45, 7) is 0. The Labute approximate surface area is 132 Å². The van der Waals surface area contributed by atoms with E-state index >= 15 is 0 Å². The maximum absolute atomic E-state index is 13.2. The summed E-state index contributed by atoms with van der Waals surface area (Å²) in [4.78, 5) is 1.66. The van der Waals surface area contributed by atoms with Gasteiger partial charge in [-0.05, 0) is 36.4 Å². The lowest BCUT2D eigenvalue weighted by atomic mass is 10.0. The lowest BCUT2D eigenvalue weighted by Gasteiger charge is -2.26. The molecule has 1 unspecified atom stereocenters. The number of nitrogens with two attached hydrogens (primary N) is 1. The summed E-state index contributed by atoms with van der Waals surface area (Å²) >= 11 is 11.7. The molecule has 0 radical (unpaired) electrons. The molecule has 3 nitrogen and oxygen atoms in total. The first-order chi connectivity index (χ1) is 9.93. The van der Waals surface area contributed by atoms with E-state index in [0.29, 0.717) is 22.0 Å². The molecule has 108 valence electrons. The van der Waals surface area contributed by atoms with Gasteiger partial charge in [0.15, 0.2) is 0 Å². The van der Waals surface area contributed by atoms with Crippen LogP contribution in [0.25, 0.3) is 0 Å². The summed E-state index contributed by atoms with van der Waals surface area (Å²) in [6.07, 6.45) is 0. The van der Waals surface area contributed by atoms with Gasteiger partial charge in [-0.3, -0.25) is 0 Å². The highest BCUT2D eigenvalue weighted by Crippen LogP contribution is 2.32. The molecule has 2 aromatic carbocycles. The minimum Gasteiger partial charge on any atom is -0.398 e. The van der Waals surface area contributed by atoms with Gasteiger partial charge in [0.05, 0.1) is 11.1 Å². The molecule has 6 heteroatoms. The number of rotatable bonds is 3. The van der Waals surface area contributed by atoms with E-state index in [-0.39, 0.29) is 5.02 Å². The number of anilines is 2. The van der Waals surface area contributed by atoms with Gasteiger partial charge in [0.1, 0.15) is 11.9 Å². The Bertz CT molecular complexity index is 713. The molecule has 2 rings (SSSR count). The van der Waals surface area contributed by atoms with Crippen molar-refractivity contribution in [2.75, 3.05) is 17.7 Å². The average molecular weight is 324 g/mol. The van der Waals surface area contributed by atoms with Crippen molar-refractivity contribution in [2.45, 2.75) is 6.04 Å². The molecule has 0 aliphatic heterocycles. The van der Waals surface area contributed by atoms with Gasteiger partial charge < -0.3 is 10.6 Å². The smallest absolute Gasteiger partial charge is 0.144 e. The molecule has 1 atom stereocenters. The lowest BCUT2D eigenvalue weighted by Crippen LogP contribution is -2.23. The predicted octanol–water partition coefficient (Wildman–Crippen LogP) is 4.42. The Morgan fingerprint density at radius 2 is 1.95 bits per heavy atom. The molecule has 0 spiro atoms. The van der Waals surface area contributed by atoms with Crippen LogP contribution in [0.1, 0.15) is 11.6 Å². The third kappa shape index (κ3) is 3.21. The van der Waals surface area contributed by atoms with Gasteiger partial charge in [0, 0.05) is 29.0 Å². The number of nitriles is 1. The second-order valence-electron chi connectivity index (χ2n) is 4.51. The van der Waals surface area contributed by atoms with Crippen LogP contribution in [0.5, 0.6) is 0 Å². The van der Waals surface area contributed by atoms with Crippen LogP contribution in [0.15, 0.2) is 36.4 Å². The van der Waals surface area contributed by atoms with E-state index < -0.39 is 11.9 Å². The Kier molecular flexibility index (Phi) is 4.56. The van der Waals surface area contributed by atoms with Crippen LogP contribution in [0.4, 0.5) is 15.8 Å². The van der Waals surface area contributed by atoms with Crippen LogP contribution in [0.3, 0.4) is 0 Å². The van der Waals surface area contributed by atoms with Gasteiger partial charge >= 0.3 is 0 Å². The number of nitrogens with zero attached hydrogens (tertiary/aromatic N) is 2. The Balaban J connectivity index is 2.43. The Hall–Kier alpha value is -1.96. The van der Waals surface area contributed by atoms with Crippen molar-refractivity contribution in [3.05, 3.63) is 57.8 Å². The third-order valence-electron chi connectivity index (χ3n) is 3.16. The van der Waals surface area contributed by atoms with E-state index in [9.17, 15) is 9.65 Å². The second-order valence-corrected chi connectivity index (χ2v) is 5.36. The number of hydrogen-bond acceptors (Lipinski definition) is 3. The third-order valence-corrected chi connectivity index (χ3v) is 3.69. The monoisotopic (exact) mass is 323 g/mol. The van der Waals surface area contributed by atoms with Crippen LogP contribution < -0.4 is 10.6 Å². The number of benzene rings is 2. The first-order valence-corrected chi connectivity index (χ1v) is 6.82. The molecular weight excluding hydrogens is 312 g/mol. The van der Waals surface area contributed by atoms with Crippen molar-refractivity contribution < 1.29 is 4.39 Å². The highest BCUT2D eigenvalue weighted by Gasteiger charge is 2.20. The molecule has 0 saturated heterocycles. The lowest BCUT2D eigenvalue weighted by molar-refractivity contribution is 0.628. The molecule has 0 aromatic heterocycles. The van der Waals surface area contributed by atoms with Gasteiger partial charge in [-0.15, -0.1) is 0 Å². The molecule has 0 saturated carbocycles. The van der Waals surface area contributed by atoms with Gasteiger partial charge in [-0.25, -0.2) is 4.39 Å². The zero-order chi connectivity index (χ0) is 15.6. The average Bonchev–Trinajstić information content (AvgIpc) is 2.46. The van der Waals surface area contributed by atoms with Crippen molar-refractivity contribution in [3.63, 3.8) is 0 Å². The summed E-state index contributed by atoms with van der Waals surface area (Å²) in [5, 5.41) is 9.94. The molecule has 0 bridgehead atoms. The minimum atomic E-state index is -0.662. The van der Waals surface area contributed by atoms with Crippen LogP contribution in [-0.4, -0.2) is 7.05 Å². The van der Waals surface area contributed by atoms with Crippen LogP contribution in [-0.2, 0) is 0 Å². The van der Waals surface area contributed by atoms with Crippen LogP contribution in [0.2, 0.25) is 10.0 Å². The zero-order valence-corrected chi connectivity index (χ0v) is 12.7. The van der Waals surface area contributed by atoms with Crippen LogP contribution in [0, 0.1) is 17.1 Å². The second kappa shape index (κ2) is 6.21. The fourth-order valence-corrected chi connectivity index (χ4v) is 2.36. The molecular formula is C15H12Cl2FN3. The van der Waals surface area contributed by atoms with E-state index in [4.69, 9.17) is 28.9 Å². The van der Waals surface area contributed by atoms with Crippen molar-refractivity contribution in [1.29, 1.82) is 5.26 Å². The molecule has 0 aliphatic rings. The summed E-state index contributed by atoms with van der Waals surface area (Å²) in [5.41, 5.74) is 7.57. The zero-order valence-electron chi connectivity index (χ0n) is 11.1. The van der Waals surface area contributed by atoms with Gasteiger partial charge in [0.25, 0.3) is 0 Å². The Morgan fingerprint density at radius 1 is 1.24 bits per heavy atom. The standard InChI is InChI=1S/C15H12Cl2FN3/c1-21(10-3-4-13(18)12(17)7-10)15(8-19)11-6-9(16)2-5-14(11)20/h2-7,15H,20H2,1H3. The van der Waals surface area contributed by atoms with Gasteiger partial charge in [-0.2, -0.15) is 5.26 Å². The molecule has 0 heterocycles. The first-order valence-electron chi connectivity index (χ1n) is 6.06. The van der Waals surface area contributed by atoms with E-state index in [1.807, 2.05) is 0 Å². The van der Waals surface area contributed by atoms with Crippen molar-refractivity contribution >= 4 is 34.6 Å². The Morgan fingerprint density at radius 3 is 2.57 bits per heavy atom. The number of halogens is 3. The summed E-state index contributed by atoms with van der Waals surface area (Å²) in [7, 11) is 1.71. The minimum absolute atomic E-state index is 0.00453. The normalized spacial score (nSPS) is 11.8. The van der Waals surface area contributed by atoms with Crippen molar-refractivity contribution in [1.82, 2.24) is 0 Å². The maximum atomic E-state index is 13.2. The summed E-state index contributed by atoms with van der Waals surface area (Å²) < 4.78 is 13.2. The molecule has 21 heavy (non-hydrogen) atoms. The quantitative estimate of drug-likeness (QED) is 0.851. The topological polar surface area (TPSA) is 53.0 Å². The number of nitrogen functional groups attached to an aromatic ring is 1. The van der Waals surface area contributed by atoms with E-state index in [1.54, 1.807) is 36.2 Å². The molecule has 0 amide bonds. The molecule has 0 fully saturated rings. The van der Waals surface area contributed by atoms with E-state index in [2.05, 4.69) is 6.07 Å². The maximum Gasteiger partial charge on any atom is 0.144 e. The fraction of sp³-hybridized carbons (Fsp3) is 0.133. The number of hydrogen-bond donors (Lipinski definition) is 1. The summed E-state index contributed by atoms with van der Waals surface area (Å²) in [6, 6.07) is 10.7. The molecule has 2 N–H and O–H groups in total. The highest BCUT2D eigenvalue weighted by atomic mass is 35.5. The van der Waals surface area contributed by atoms with Gasteiger partial charge in [-0.1, -0.05) is 23.2 Å². The van der Waals surface area contributed by atoms with Crippen molar-refractivity contribution in [2.24, 2.45) is 0 Å². The molecule has 2 aromatic rings. The van der Waals surface area contributed by atoms with Gasteiger partial charge in [0.2, 0.25) is 0 Å². The van der Waals surface area contributed by atoms with Crippen LogP contribution >= 0.6 is 23.2 Å². The largest absolute Gasteiger partial charge is 0.398 e. The fourth-order valence-electron chi connectivity index (χ4n) is 2.00.